The zero-order valence-corrected chi connectivity index (χ0v) is 17.2. The molecule has 146 valence electrons. The average Bonchev–Trinajstić information content (AvgIpc) is 2.95. The first-order valence-electron chi connectivity index (χ1n) is 8.55. The number of ether oxygens (including phenoxy) is 1. The molecule has 1 amide bonds. The van der Waals surface area contributed by atoms with Gasteiger partial charge in [0.15, 0.2) is 5.11 Å². The lowest BCUT2D eigenvalue weighted by Crippen LogP contribution is -2.43. The predicted molar refractivity (Wildman–Crippen MR) is 114 cm³/mol. The van der Waals surface area contributed by atoms with Crippen LogP contribution in [-0.4, -0.2) is 34.6 Å². The van der Waals surface area contributed by atoms with Crippen molar-refractivity contribution in [3.05, 3.63) is 40.3 Å². The van der Waals surface area contributed by atoms with Crippen LogP contribution in [0.5, 0.6) is 0 Å². The molecule has 1 aromatic carbocycles. The number of fused-ring (bicyclic) bond motifs is 1. The third-order valence-electron chi connectivity index (χ3n) is 4.12. The van der Waals surface area contributed by atoms with Crippen molar-refractivity contribution in [2.24, 2.45) is 16.0 Å². The van der Waals surface area contributed by atoms with E-state index in [1.807, 2.05) is 13.8 Å². The summed E-state index contributed by atoms with van der Waals surface area (Å²) in [6.07, 6.45) is 0. The van der Waals surface area contributed by atoms with Crippen LogP contribution in [0.2, 0.25) is 0 Å². The Morgan fingerprint density at radius 3 is 2.75 bits per heavy atom. The number of hydrazone groups is 1. The number of benzene rings is 1. The monoisotopic (exact) mass is 417 g/mol. The van der Waals surface area contributed by atoms with E-state index >= 15 is 0 Å². The van der Waals surface area contributed by atoms with E-state index in [-0.39, 0.29) is 28.9 Å². The Kier molecular flexibility index (Phi) is 6.10. The molecule has 0 radical (unpaired) electrons. The fourth-order valence-corrected chi connectivity index (χ4v) is 3.91. The highest BCUT2D eigenvalue weighted by molar-refractivity contribution is 8.17. The average molecular weight is 418 g/mol. The molecule has 8 nitrogen and oxygen atoms in total. The normalized spacial score (nSPS) is 19.7. The van der Waals surface area contributed by atoms with E-state index in [0.717, 1.165) is 10.5 Å². The maximum absolute atomic E-state index is 12.3. The summed E-state index contributed by atoms with van der Waals surface area (Å²) in [6.45, 7) is 5.98. The van der Waals surface area contributed by atoms with Gasteiger partial charge < -0.3 is 10.1 Å². The van der Waals surface area contributed by atoms with Crippen LogP contribution in [0.3, 0.4) is 0 Å². The third-order valence-corrected chi connectivity index (χ3v) is 5.48. The van der Waals surface area contributed by atoms with Crippen LogP contribution >= 0.6 is 24.0 Å². The highest BCUT2D eigenvalue weighted by Gasteiger charge is 2.37. The molecule has 2 heterocycles. The Bertz CT molecular complexity index is 922. The number of guanidine groups is 1. The van der Waals surface area contributed by atoms with Crippen molar-refractivity contribution in [3.63, 3.8) is 0 Å². The summed E-state index contributed by atoms with van der Waals surface area (Å²) >= 11 is 6.68. The van der Waals surface area contributed by atoms with Gasteiger partial charge in [0.25, 0.3) is 0 Å². The number of nitrogens with zero attached hydrogens (tertiary/aromatic N) is 2. The minimum atomic E-state index is -0.378. The van der Waals surface area contributed by atoms with Crippen molar-refractivity contribution in [3.8, 4) is 0 Å². The summed E-state index contributed by atoms with van der Waals surface area (Å²) in [5, 5.41) is 10.6. The molecule has 0 saturated carbocycles. The van der Waals surface area contributed by atoms with E-state index in [4.69, 9.17) is 17.0 Å². The molecule has 0 spiro atoms. The first-order chi connectivity index (χ1) is 13.4. The Morgan fingerprint density at radius 2 is 2.07 bits per heavy atom. The number of nitrogens with one attached hydrogen (secondary N) is 3. The highest BCUT2D eigenvalue weighted by atomic mass is 32.2. The summed E-state index contributed by atoms with van der Waals surface area (Å²) < 4.78 is 4.94. The third kappa shape index (κ3) is 4.39. The van der Waals surface area contributed by atoms with E-state index in [1.54, 1.807) is 31.2 Å². The first kappa shape index (κ1) is 20.0. The number of hydrogen-bond acceptors (Lipinski definition) is 6. The summed E-state index contributed by atoms with van der Waals surface area (Å²) in [6, 6.07) is 6.68. The smallest absolute Gasteiger partial charge is 0.338 e. The number of carbonyl (C=O) groups is 2. The van der Waals surface area contributed by atoms with Gasteiger partial charge in [0, 0.05) is 5.69 Å². The summed E-state index contributed by atoms with van der Waals surface area (Å²) in [5.74, 6) is -0.697. The Labute approximate surface area is 171 Å². The highest BCUT2D eigenvalue weighted by Crippen LogP contribution is 2.39. The molecule has 3 N–H and O–H groups in total. The lowest BCUT2D eigenvalue weighted by molar-refractivity contribution is -0.120. The number of anilines is 1. The number of thioether (sulfide) groups is 1. The van der Waals surface area contributed by atoms with Crippen LogP contribution in [0.1, 0.15) is 31.1 Å². The van der Waals surface area contributed by atoms with Crippen molar-refractivity contribution >= 4 is 57.7 Å². The molecule has 3 rings (SSSR count). The SMILES string of the molecule is CCOC(=O)c1ccc(NC(=S)N/N=C2/N=C3SC(C)=C(C)C3C(=O)N2)cc1. The van der Waals surface area contributed by atoms with Crippen molar-refractivity contribution in [1.82, 2.24) is 10.7 Å². The van der Waals surface area contributed by atoms with Gasteiger partial charge in [0.2, 0.25) is 11.9 Å². The van der Waals surface area contributed by atoms with Crippen LogP contribution in [-0.2, 0) is 9.53 Å². The largest absolute Gasteiger partial charge is 0.462 e. The number of aliphatic imine (C=N–C) groups is 1. The van der Waals surface area contributed by atoms with Crippen molar-refractivity contribution in [1.29, 1.82) is 0 Å². The first-order valence-corrected chi connectivity index (χ1v) is 9.78. The van der Waals surface area contributed by atoms with Crippen molar-refractivity contribution < 1.29 is 14.3 Å². The molecule has 0 aliphatic carbocycles. The number of carbonyl (C=O) groups excluding carboxylic acids is 2. The minimum Gasteiger partial charge on any atom is -0.462 e. The maximum atomic E-state index is 12.3. The quantitative estimate of drug-likeness (QED) is 0.393. The van der Waals surface area contributed by atoms with Gasteiger partial charge in [-0.3, -0.25) is 10.1 Å². The molecule has 1 unspecified atom stereocenters. The summed E-state index contributed by atoms with van der Waals surface area (Å²) in [7, 11) is 0. The Balaban J connectivity index is 1.59. The van der Waals surface area contributed by atoms with Gasteiger partial charge in [-0.2, -0.15) is 0 Å². The number of esters is 1. The van der Waals surface area contributed by atoms with Crippen molar-refractivity contribution in [2.75, 3.05) is 11.9 Å². The fraction of sp³-hybridized carbons (Fsp3) is 0.278. The van der Waals surface area contributed by atoms with Gasteiger partial charge in [0.05, 0.1) is 17.2 Å². The Hall–Kier alpha value is -2.72. The molecule has 0 bridgehead atoms. The number of rotatable bonds is 4. The summed E-state index contributed by atoms with van der Waals surface area (Å²) in [5.41, 5.74) is 4.79. The standard InChI is InChI=1S/C18H19N5O3S2/c1-4-26-16(25)11-5-7-12(8-6-11)19-18(27)23-22-17-20-14(24)13-9(2)10(3)28-15(13)21-17/h5-8,13H,4H2,1-3H3,(H2,19,23,27)(H,20,22,24). The van der Waals surface area contributed by atoms with Gasteiger partial charge in [-0.15, -0.1) is 5.10 Å². The van der Waals surface area contributed by atoms with Crippen molar-refractivity contribution in [2.45, 2.75) is 20.8 Å². The Morgan fingerprint density at radius 1 is 1.36 bits per heavy atom. The molecule has 10 heteroatoms. The number of thiocarbonyl (C=S) groups is 1. The number of allylic oxidation sites excluding steroid dienone is 1. The maximum Gasteiger partial charge on any atom is 0.338 e. The van der Waals surface area contributed by atoms with Crippen LogP contribution in [0.4, 0.5) is 5.69 Å². The zero-order chi connectivity index (χ0) is 20.3. The molecular formula is C18H19N5O3S2. The molecule has 28 heavy (non-hydrogen) atoms. The molecule has 0 aromatic heterocycles. The molecular weight excluding hydrogens is 398 g/mol. The second-order valence-corrected chi connectivity index (χ2v) is 7.66. The van der Waals surface area contributed by atoms with Gasteiger partial charge in [-0.25, -0.2) is 15.2 Å². The topological polar surface area (TPSA) is 104 Å². The predicted octanol–water partition coefficient (Wildman–Crippen LogP) is 2.61. The number of amides is 1. The summed E-state index contributed by atoms with van der Waals surface area (Å²) in [4.78, 5) is 29.4. The molecule has 1 atom stereocenters. The molecule has 2 aliphatic heterocycles. The van der Waals surface area contributed by atoms with Crippen LogP contribution < -0.4 is 16.1 Å². The van der Waals surface area contributed by atoms with Gasteiger partial charge >= 0.3 is 5.97 Å². The van der Waals surface area contributed by atoms with Crippen LogP contribution in [0.15, 0.2) is 44.8 Å². The number of hydrogen-bond donors (Lipinski definition) is 3. The second kappa shape index (κ2) is 8.53. The lowest BCUT2D eigenvalue weighted by Gasteiger charge is -2.18. The van der Waals surface area contributed by atoms with E-state index in [9.17, 15) is 9.59 Å². The molecule has 0 fully saturated rings. The molecule has 0 saturated heterocycles. The van der Waals surface area contributed by atoms with E-state index in [2.05, 4.69) is 26.2 Å². The minimum absolute atomic E-state index is 0.152. The van der Waals surface area contributed by atoms with E-state index in [1.165, 1.54) is 11.8 Å². The second-order valence-electron chi connectivity index (χ2n) is 6.01. The van der Waals surface area contributed by atoms with E-state index in [0.29, 0.717) is 22.9 Å². The van der Waals surface area contributed by atoms with Gasteiger partial charge in [0.1, 0.15) is 5.92 Å². The molecule has 2 aliphatic rings. The van der Waals surface area contributed by atoms with Crippen LogP contribution in [0, 0.1) is 5.92 Å². The molecule has 1 aromatic rings. The van der Waals surface area contributed by atoms with Gasteiger partial charge in [-0.1, -0.05) is 11.8 Å². The van der Waals surface area contributed by atoms with E-state index < -0.39 is 0 Å². The van der Waals surface area contributed by atoms with Gasteiger partial charge in [-0.05, 0) is 67.7 Å². The zero-order valence-electron chi connectivity index (χ0n) is 15.5. The fourth-order valence-electron chi connectivity index (χ4n) is 2.62. The van der Waals surface area contributed by atoms with Crippen LogP contribution in [0.25, 0.3) is 0 Å². The lowest BCUT2D eigenvalue weighted by atomic mass is 10.00.